The number of amides is 2. The van der Waals surface area contributed by atoms with Crippen molar-refractivity contribution in [2.45, 2.75) is 48.3 Å². The highest BCUT2D eigenvalue weighted by molar-refractivity contribution is 7.89. The molecule has 6 rings (SSSR count). The molecule has 2 saturated heterocycles. The molecule has 0 aromatic heterocycles. The van der Waals surface area contributed by atoms with Crippen LogP contribution in [0.5, 0.6) is 0 Å². The minimum Gasteiger partial charge on any atom is -0.321 e. The van der Waals surface area contributed by atoms with Gasteiger partial charge < -0.3 is 10.6 Å². The van der Waals surface area contributed by atoms with E-state index in [0.717, 1.165) is 38.5 Å². The maximum Gasteiger partial charge on any atom is 0.255 e. The Morgan fingerprint density at radius 1 is 0.478 bits per heavy atom. The molecular formula is C34H36N4O6S2. The SMILES string of the molecule is O=C(Nc1cccc2c(NC(=O)c3ccc(S(=O)(=O)N4CCCCC4)cc3)cccc12)c1ccc(S(=O)(=O)N2CCCCC2)cc1. The molecule has 12 heteroatoms. The van der Waals surface area contributed by atoms with E-state index in [1.54, 1.807) is 24.3 Å². The Kier molecular flexibility index (Phi) is 9.23. The van der Waals surface area contributed by atoms with E-state index in [1.165, 1.54) is 57.1 Å². The lowest BCUT2D eigenvalue weighted by Gasteiger charge is -2.25. The number of nitrogens with one attached hydrogen (secondary N) is 2. The van der Waals surface area contributed by atoms with Crippen molar-refractivity contribution in [3.05, 3.63) is 96.1 Å². The van der Waals surface area contributed by atoms with Crippen LogP contribution in [0.1, 0.15) is 59.2 Å². The fourth-order valence-corrected chi connectivity index (χ4v) is 9.02. The first kappa shape index (κ1) is 31.9. The molecule has 2 fully saturated rings. The standard InChI is InChI=1S/C34H36N4O6S2/c39-33(25-13-17-27(18-14-25)45(41,42)37-21-3-1-4-22-37)35-31-11-7-10-30-29(31)9-8-12-32(30)36-34(40)26-15-19-28(20-16-26)46(43,44)38-23-5-2-6-24-38/h7-20H,1-6,21-24H2,(H,35,39)(H,36,40). The quantitative estimate of drug-likeness (QED) is 0.250. The monoisotopic (exact) mass is 660 g/mol. The molecule has 0 unspecified atom stereocenters. The maximum atomic E-state index is 13.2. The molecule has 2 amide bonds. The number of sulfonamides is 2. The maximum absolute atomic E-state index is 13.2. The van der Waals surface area contributed by atoms with Gasteiger partial charge in [-0.05, 0) is 86.3 Å². The molecule has 4 aromatic carbocycles. The average Bonchev–Trinajstić information content (AvgIpc) is 3.09. The van der Waals surface area contributed by atoms with Crippen LogP contribution in [0.4, 0.5) is 11.4 Å². The molecule has 0 atom stereocenters. The fourth-order valence-electron chi connectivity index (χ4n) is 5.98. The number of nitrogens with zero attached hydrogens (tertiary/aromatic N) is 2. The highest BCUT2D eigenvalue weighted by atomic mass is 32.2. The Labute approximate surface area is 269 Å². The van der Waals surface area contributed by atoms with Gasteiger partial charge in [0.15, 0.2) is 0 Å². The number of anilines is 2. The van der Waals surface area contributed by atoms with Crippen molar-refractivity contribution in [2.24, 2.45) is 0 Å². The van der Waals surface area contributed by atoms with Crippen molar-refractivity contribution in [3.63, 3.8) is 0 Å². The molecule has 2 N–H and O–H groups in total. The van der Waals surface area contributed by atoms with Gasteiger partial charge in [-0.2, -0.15) is 8.61 Å². The Balaban J connectivity index is 1.16. The van der Waals surface area contributed by atoms with Crippen LogP contribution in [0.15, 0.2) is 94.7 Å². The minimum absolute atomic E-state index is 0.162. The first-order valence-corrected chi connectivity index (χ1v) is 18.4. The van der Waals surface area contributed by atoms with Crippen LogP contribution in [-0.2, 0) is 20.0 Å². The number of carbonyl (C=O) groups excluding carboxylic acids is 2. The molecule has 46 heavy (non-hydrogen) atoms. The van der Waals surface area contributed by atoms with Crippen molar-refractivity contribution < 1.29 is 26.4 Å². The van der Waals surface area contributed by atoms with Crippen LogP contribution >= 0.6 is 0 Å². The zero-order valence-electron chi connectivity index (χ0n) is 25.3. The predicted octanol–water partition coefficient (Wildman–Crippen LogP) is 5.69. The topological polar surface area (TPSA) is 133 Å². The lowest BCUT2D eigenvalue weighted by atomic mass is 10.1. The summed E-state index contributed by atoms with van der Waals surface area (Å²) in [6.07, 6.45) is 5.41. The number of carbonyl (C=O) groups is 2. The number of rotatable bonds is 8. The van der Waals surface area contributed by atoms with Crippen molar-refractivity contribution in [3.8, 4) is 0 Å². The van der Waals surface area contributed by atoms with Crippen molar-refractivity contribution in [2.75, 3.05) is 36.8 Å². The minimum atomic E-state index is -3.60. The number of fused-ring (bicyclic) bond motifs is 1. The highest BCUT2D eigenvalue weighted by Crippen LogP contribution is 2.30. The zero-order chi connectivity index (χ0) is 32.3. The van der Waals surface area contributed by atoms with E-state index in [2.05, 4.69) is 10.6 Å². The van der Waals surface area contributed by atoms with Crippen LogP contribution in [0.25, 0.3) is 10.8 Å². The Morgan fingerprint density at radius 2 is 0.826 bits per heavy atom. The number of hydrogen-bond acceptors (Lipinski definition) is 6. The molecule has 0 saturated carbocycles. The van der Waals surface area contributed by atoms with Gasteiger partial charge in [0.05, 0.1) is 9.79 Å². The van der Waals surface area contributed by atoms with Crippen molar-refractivity contribution >= 4 is 54.0 Å². The molecule has 0 radical (unpaired) electrons. The summed E-state index contributed by atoms with van der Waals surface area (Å²) in [6, 6.07) is 22.6. The summed E-state index contributed by atoms with van der Waals surface area (Å²) in [6.45, 7) is 2.01. The van der Waals surface area contributed by atoms with Gasteiger partial charge in [-0.1, -0.05) is 37.1 Å². The van der Waals surface area contributed by atoms with Crippen LogP contribution in [-0.4, -0.2) is 63.4 Å². The van der Waals surface area contributed by atoms with E-state index < -0.39 is 31.9 Å². The third-order valence-corrected chi connectivity index (χ3v) is 12.4. The normalized spacial score (nSPS) is 16.6. The van der Waals surface area contributed by atoms with Crippen LogP contribution < -0.4 is 10.6 Å². The average molecular weight is 661 g/mol. The van der Waals surface area contributed by atoms with Crippen LogP contribution in [0, 0.1) is 0 Å². The zero-order valence-corrected chi connectivity index (χ0v) is 26.9. The summed E-state index contributed by atoms with van der Waals surface area (Å²) in [5.74, 6) is -0.799. The van der Waals surface area contributed by atoms with E-state index in [0.29, 0.717) is 59.5 Å². The molecule has 0 aliphatic carbocycles. The van der Waals surface area contributed by atoms with E-state index in [9.17, 15) is 26.4 Å². The summed E-state index contributed by atoms with van der Waals surface area (Å²) in [7, 11) is -7.20. The molecule has 2 aliphatic heterocycles. The van der Waals surface area contributed by atoms with Gasteiger partial charge in [0.25, 0.3) is 11.8 Å². The van der Waals surface area contributed by atoms with Gasteiger partial charge in [-0.3, -0.25) is 9.59 Å². The lowest BCUT2D eigenvalue weighted by Crippen LogP contribution is -2.35. The van der Waals surface area contributed by atoms with Gasteiger partial charge in [-0.15, -0.1) is 0 Å². The van der Waals surface area contributed by atoms with E-state index in [1.807, 2.05) is 12.1 Å². The summed E-state index contributed by atoms with van der Waals surface area (Å²) < 4.78 is 54.9. The largest absolute Gasteiger partial charge is 0.321 e. The lowest BCUT2D eigenvalue weighted by molar-refractivity contribution is 0.101. The molecular weight excluding hydrogens is 625 g/mol. The first-order chi connectivity index (χ1) is 22.1. The number of hydrogen-bond donors (Lipinski definition) is 2. The second-order valence-electron chi connectivity index (χ2n) is 11.6. The van der Waals surface area contributed by atoms with Crippen molar-refractivity contribution in [1.29, 1.82) is 0 Å². The first-order valence-electron chi connectivity index (χ1n) is 15.5. The smallest absolute Gasteiger partial charge is 0.255 e. The molecule has 2 aliphatic rings. The van der Waals surface area contributed by atoms with Gasteiger partial charge >= 0.3 is 0 Å². The highest BCUT2D eigenvalue weighted by Gasteiger charge is 2.27. The van der Waals surface area contributed by atoms with E-state index in [-0.39, 0.29) is 9.79 Å². The third-order valence-electron chi connectivity index (χ3n) is 8.56. The second-order valence-corrected chi connectivity index (χ2v) is 15.5. The van der Waals surface area contributed by atoms with Gasteiger partial charge in [0, 0.05) is 59.5 Å². The molecule has 10 nitrogen and oxygen atoms in total. The van der Waals surface area contributed by atoms with E-state index in [4.69, 9.17) is 0 Å². The van der Waals surface area contributed by atoms with Crippen LogP contribution in [0.2, 0.25) is 0 Å². The van der Waals surface area contributed by atoms with E-state index >= 15 is 0 Å². The van der Waals surface area contributed by atoms with Gasteiger partial charge in [-0.25, -0.2) is 16.8 Å². The summed E-state index contributed by atoms with van der Waals surface area (Å²) in [5.41, 5.74) is 1.67. The van der Waals surface area contributed by atoms with Crippen molar-refractivity contribution in [1.82, 2.24) is 8.61 Å². The second kappa shape index (κ2) is 13.3. The molecule has 240 valence electrons. The molecule has 2 heterocycles. The third kappa shape index (κ3) is 6.57. The summed E-state index contributed by atoms with van der Waals surface area (Å²) >= 11 is 0. The summed E-state index contributed by atoms with van der Waals surface area (Å²) in [4.78, 5) is 26.7. The predicted molar refractivity (Wildman–Crippen MR) is 178 cm³/mol. The summed E-state index contributed by atoms with van der Waals surface area (Å²) in [5, 5.41) is 7.21. The Bertz CT molecular complexity index is 1820. The fraction of sp³-hybridized carbons (Fsp3) is 0.294. The molecule has 4 aromatic rings. The Hall–Kier alpha value is -4.10. The number of piperidine rings is 2. The molecule has 0 spiro atoms. The number of benzene rings is 4. The Morgan fingerprint density at radius 3 is 1.17 bits per heavy atom. The van der Waals surface area contributed by atoms with Crippen LogP contribution in [0.3, 0.4) is 0 Å². The van der Waals surface area contributed by atoms with Gasteiger partial charge in [0.2, 0.25) is 20.0 Å². The molecule has 0 bridgehead atoms. The van der Waals surface area contributed by atoms with Gasteiger partial charge in [0.1, 0.15) is 0 Å².